The fourth-order valence-electron chi connectivity index (χ4n) is 1.85. The van der Waals surface area contributed by atoms with Crippen LogP contribution in [0.3, 0.4) is 0 Å². The number of hydrogen-bond acceptors (Lipinski definition) is 6. The average molecular weight is 291 g/mol. The first kappa shape index (κ1) is 15.1. The van der Waals surface area contributed by atoms with Crippen LogP contribution < -0.4 is 5.43 Å². The highest BCUT2D eigenvalue weighted by Crippen LogP contribution is 2.04. The summed E-state index contributed by atoms with van der Waals surface area (Å²) in [5.74, 6) is -0.813. The number of rotatable bonds is 6. The van der Waals surface area contributed by atoms with Crippen LogP contribution in [-0.2, 0) is 25.7 Å². The molecular formula is C14H17N3O4. The second-order valence-electron chi connectivity index (χ2n) is 4.42. The number of hydrogen-bond donors (Lipinski definition) is 1. The summed E-state index contributed by atoms with van der Waals surface area (Å²) >= 11 is 0. The molecule has 1 atom stereocenters. The number of carbonyl (C=O) groups is 2. The number of ether oxygens (including phenoxy) is 2. The van der Waals surface area contributed by atoms with Gasteiger partial charge in [0.15, 0.2) is 6.04 Å². The Bertz CT molecular complexity index is 518. The van der Waals surface area contributed by atoms with Crippen LogP contribution in [0.4, 0.5) is 0 Å². The second-order valence-corrected chi connectivity index (χ2v) is 4.42. The van der Waals surface area contributed by atoms with Gasteiger partial charge in [-0.2, -0.15) is 5.01 Å². The van der Waals surface area contributed by atoms with Crippen molar-refractivity contribution in [3.05, 3.63) is 35.9 Å². The largest absolute Gasteiger partial charge is 0.468 e. The van der Waals surface area contributed by atoms with Gasteiger partial charge in [0.1, 0.15) is 13.3 Å². The highest BCUT2D eigenvalue weighted by Gasteiger charge is 2.29. The van der Waals surface area contributed by atoms with Crippen molar-refractivity contribution < 1.29 is 19.1 Å². The first-order valence-electron chi connectivity index (χ1n) is 6.46. The molecule has 112 valence electrons. The Balaban J connectivity index is 1.73. The summed E-state index contributed by atoms with van der Waals surface area (Å²) in [5, 5.41) is 1.40. The third-order valence-electron chi connectivity index (χ3n) is 2.87. The number of hydrazine groups is 1. The van der Waals surface area contributed by atoms with Gasteiger partial charge in [-0.25, -0.2) is 4.79 Å². The van der Waals surface area contributed by atoms with E-state index in [1.54, 1.807) is 0 Å². The molecule has 0 bridgehead atoms. The monoisotopic (exact) mass is 291 g/mol. The molecule has 1 aromatic carbocycles. The number of carbonyl (C=O) groups excluding carboxylic acids is 2. The number of amides is 1. The Labute approximate surface area is 122 Å². The maximum atomic E-state index is 11.8. The van der Waals surface area contributed by atoms with E-state index in [-0.39, 0.29) is 19.2 Å². The zero-order valence-electron chi connectivity index (χ0n) is 11.7. The lowest BCUT2D eigenvalue weighted by Gasteiger charge is -2.21. The van der Waals surface area contributed by atoms with Crippen LogP contribution in [0.2, 0.25) is 0 Å². The van der Waals surface area contributed by atoms with Crippen molar-refractivity contribution in [2.24, 2.45) is 4.99 Å². The van der Waals surface area contributed by atoms with Gasteiger partial charge < -0.3 is 9.47 Å². The minimum Gasteiger partial charge on any atom is -0.468 e. The molecule has 1 aliphatic heterocycles. The quantitative estimate of drug-likeness (QED) is 0.753. The molecule has 1 unspecified atom stereocenters. The predicted octanol–water partition coefficient (Wildman–Crippen LogP) is 0.120. The third kappa shape index (κ3) is 4.37. The van der Waals surface area contributed by atoms with E-state index in [1.807, 2.05) is 30.3 Å². The van der Waals surface area contributed by atoms with Crippen LogP contribution in [0.15, 0.2) is 35.3 Å². The Hall–Kier alpha value is -2.25. The zero-order chi connectivity index (χ0) is 15.1. The molecule has 7 nitrogen and oxygen atoms in total. The number of benzene rings is 1. The van der Waals surface area contributed by atoms with Crippen LogP contribution in [0.1, 0.15) is 5.56 Å². The smallest absolute Gasteiger partial charge is 0.330 e. The molecule has 0 saturated carbocycles. The maximum Gasteiger partial charge on any atom is 0.330 e. The zero-order valence-corrected chi connectivity index (χ0v) is 11.7. The molecule has 21 heavy (non-hydrogen) atoms. The average Bonchev–Trinajstić information content (AvgIpc) is 2.95. The number of nitrogens with one attached hydrogen (secondary N) is 1. The van der Waals surface area contributed by atoms with E-state index in [9.17, 15) is 9.59 Å². The molecule has 1 heterocycles. The summed E-state index contributed by atoms with van der Waals surface area (Å²) in [6.07, 6.45) is 1.44. The van der Waals surface area contributed by atoms with Gasteiger partial charge in [-0.1, -0.05) is 30.3 Å². The van der Waals surface area contributed by atoms with Crippen LogP contribution in [0, 0.1) is 0 Å². The topological polar surface area (TPSA) is 80.2 Å². The minimum atomic E-state index is -0.687. The van der Waals surface area contributed by atoms with Gasteiger partial charge in [0.25, 0.3) is 5.91 Å². The lowest BCUT2D eigenvalue weighted by molar-refractivity contribution is -0.146. The summed E-state index contributed by atoms with van der Waals surface area (Å²) in [5.41, 5.74) is 3.56. The molecule has 0 fully saturated rings. The highest BCUT2D eigenvalue weighted by atomic mass is 16.5. The number of esters is 1. The van der Waals surface area contributed by atoms with E-state index >= 15 is 0 Å². The van der Waals surface area contributed by atoms with E-state index in [0.717, 1.165) is 5.56 Å². The van der Waals surface area contributed by atoms with Crippen LogP contribution in [0.25, 0.3) is 0 Å². The van der Waals surface area contributed by atoms with Crippen molar-refractivity contribution in [2.75, 3.05) is 20.4 Å². The van der Waals surface area contributed by atoms with Gasteiger partial charge in [-0.05, 0) is 5.56 Å². The van der Waals surface area contributed by atoms with Crippen molar-refractivity contribution in [2.45, 2.75) is 12.6 Å². The molecule has 1 aliphatic rings. The molecular weight excluding hydrogens is 274 g/mol. The SMILES string of the molecule is COC(=O)C1C=NCN1NC(=O)COCc1ccccc1. The summed E-state index contributed by atoms with van der Waals surface area (Å²) in [4.78, 5) is 27.2. The fourth-order valence-corrected chi connectivity index (χ4v) is 1.85. The summed E-state index contributed by atoms with van der Waals surface area (Å²) in [6.45, 7) is 0.467. The molecule has 1 N–H and O–H groups in total. The molecule has 0 spiro atoms. The first-order valence-corrected chi connectivity index (χ1v) is 6.46. The van der Waals surface area contributed by atoms with Gasteiger partial charge in [-0.15, -0.1) is 0 Å². The van der Waals surface area contributed by atoms with Crippen molar-refractivity contribution in [1.29, 1.82) is 0 Å². The van der Waals surface area contributed by atoms with E-state index in [2.05, 4.69) is 15.2 Å². The summed E-state index contributed by atoms with van der Waals surface area (Å²) < 4.78 is 9.95. The van der Waals surface area contributed by atoms with Crippen LogP contribution >= 0.6 is 0 Å². The first-order chi connectivity index (χ1) is 10.2. The maximum absolute atomic E-state index is 11.8. The molecule has 0 aromatic heterocycles. The van der Waals surface area contributed by atoms with E-state index in [4.69, 9.17) is 4.74 Å². The normalized spacial score (nSPS) is 17.7. The van der Waals surface area contributed by atoms with E-state index < -0.39 is 12.0 Å². The van der Waals surface area contributed by atoms with Gasteiger partial charge in [0, 0.05) is 6.21 Å². The Morgan fingerprint density at radius 2 is 2.14 bits per heavy atom. The lowest BCUT2D eigenvalue weighted by atomic mass is 10.2. The lowest BCUT2D eigenvalue weighted by Crippen LogP contribution is -2.51. The highest BCUT2D eigenvalue weighted by molar-refractivity contribution is 5.95. The van der Waals surface area contributed by atoms with Crippen molar-refractivity contribution in [1.82, 2.24) is 10.4 Å². The molecule has 0 saturated heterocycles. The summed E-state index contributed by atoms with van der Waals surface area (Å²) in [6, 6.07) is 8.87. The molecule has 0 radical (unpaired) electrons. The van der Waals surface area contributed by atoms with Crippen molar-refractivity contribution in [3.63, 3.8) is 0 Å². The molecule has 7 heteroatoms. The molecule has 2 rings (SSSR count). The Morgan fingerprint density at radius 1 is 1.38 bits per heavy atom. The van der Waals surface area contributed by atoms with Crippen molar-refractivity contribution in [3.8, 4) is 0 Å². The van der Waals surface area contributed by atoms with Gasteiger partial charge in [0.05, 0.1) is 13.7 Å². The predicted molar refractivity (Wildman–Crippen MR) is 75.2 cm³/mol. The number of nitrogens with zero attached hydrogens (tertiary/aromatic N) is 2. The van der Waals surface area contributed by atoms with Gasteiger partial charge in [-0.3, -0.25) is 15.2 Å². The third-order valence-corrected chi connectivity index (χ3v) is 2.87. The standard InChI is InChI=1S/C14H17N3O4/c1-20-14(19)12-7-15-10-17(12)16-13(18)9-21-8-11-5-3-2-4-6-11/h2-7,12H,8-10H2,1H3,(H,16,18). The number of aliphatic imine (C=N–C) groups is 1. The number of methoxy groups -OCH3 is 1. The van der Waals surface area contributed by atoms with E-state index in [0.29, 0.717) is 6.61 Å². The van der Waals surface area contributed by atoms with Gasteiger partial charge >= 0.3 is 5.97 Å². The Morgan fingerprint density at radius 3 is 2.86 bits per heavy atom. The second kappa shape index (κ2) is 7.51. The molecule has 0 aliphatic carbocycles. The van der Waals surface area contributed by atoms with Gasteiger partial charge in [0.2, 0.25) is 0 Å². The van der Waals surface area contributed by atoms with Crippen LogP contribution in [-0.4, -0.2) is 49.5 Å². The molecule has 1 aromatic rings. The summed E-state index contributed by atoms with van der Waals surface area (Å²) in [7, 11) is 1.29. The molecule has 1 amide bonds. The minimum absolute atomic E-state index is 0.0979. The fraction of sp³-hybridized carbons (Fsp3) is 0.357. The van der Waals surface area contributed by atoms with Crippen molar-refractivity contribution >= 4 is 18.1 Å². The van der Waals surface area contributed by atoms with Crippen LogP contribution in [0.5, 0.6) is 0 Å². The Kier molecular flexibility index (Phi) is 5.42. The van der Waals surface area contributed by atoms with E-state index in [1.165, 1.54) is 18.3 Å².